The quantitative estimate of drug-likeness (QED) is 0.542. The van der Waals surface area contributed by atoms with Gasteiger partial charge in [-0.25, -0.2) is 18.4 Å². The standard InChI is InChI=1S/C16H17BrN4O4S/c17-11-3-1-2-10(8-11)14(21-16(18)23)9-15(22)20-12-4-6-13(7-5-12)26(19,24)25/h1-8,14H,9H2,(H,20,22)(H3,18,21,23)(H2,19,24,25)/t14-/m0/s1. The number of carbonyl (C=O) groups is 2. The highest BCUT2D eigenvalue weighted by Crippen LogP contribution is 2.22. The maximum absolute atomic E-state index is 12.3. The smallest absolute Gasteiger partial charge is 0.312 e. The predicted molar refractivity (Wildman–Crippen MR) is 101 cm³/mol. The first-order valence-electron chi connectivity index (χ1n) is 7.39. The second-order valence-electron chi connectivity index (χ2n) is 5.44. The van der Waals surface area contributed by atoms with Gasteiger partial charge in [0.05, 0.1) is 17.4 Å². The van der Waals surface area contributed by atoms with E-state index in [9.17, 15) is 18.0 Å². The third-order valence-electron chi connectivity index (χ3n) is 3.42. The largest absolute Gasteiger partial charge is 0.352 e. The molecule has 0 saturated heterocycles. The Bertz CT molecular complexity index is 916. The average molecular weight is 441 g/mol. The fraction of sp³-hybridized carbons (Fsp3) is 0.125. The number of rotatable bonds is 6. The number of anilines is 1. The molecule has 0 heterocycles. The van der Waals surface area contributed by atoms with Crippen LogP contribution in [0.25, 0.3) is 0 Å². The first kappa shape index (κ1) is 19.9. The topological polar surface area (TPSA) is 144 Å². The lowest BCUT2D eigenvalue weighted by molar-refractivity contribution is -0.116. The number of benzene rings is 2. The minimum Gasteiger partial charge on any atom is -0.352 e. The van der Waals surface area contributed by atoms with E-state index in [-0.39, 0.29) is 17.2 Å². The zero-order valence-corrected chi connectivity index (χ0v) is 15.9. The highest BCUT2D eigenvalue weighted by Gasteiger charge is 2.18. The molecular weight excluding hydrogens is 424 g/mol. The molecule has 0 bridgehead atoms. The van der Waals surface area contributed by atoms with Crippen LogP contribution in [0.4, 0.5) is 10.5 Å². The monoisotopic (exact) mass is 440 g/mol. The highest BCUT2D eigenvalue weighted by atomic mass is 79.9. The van der Waals surface area contributed by atoms with Crippen LogP contribution in [-0.2, 0) is 14.8 Å². The van der Waals surface area contributed by atoms with E-state index in [1.54, 1.807) is 18.2 Å². The van der Waals surface area contributed by atoms with Gasteiger partial charge in [-0.15, -0.1) is 0 Å². The summed E-state index contributed by atoms with van der Waals surface area (Å²) in [5.41, 5.74) is 6.30. The molecule has 3 amide bonds. The van der Waals surface area contributed by atoms with Gasteiger partial charge in [0.1, 0.15) is 0 Å². The zero-order chi connectivity index (χ0) is 19.3. The van der Waals surface area contributed by atoms with Gasteiger partial charge in [-0.1, -0.05) is 28.1 Å². The van der Waals surface area contributed by atoms with Gasteiger partial charge in [0.2, 0.25) is 15.9 Å². The molecule has 2 rings (SSSR count). The molecular formula is C16H17BrN4O4S. The Morgan fingerprint density at radius 2 is 1.77 bits per heavy atom. The van der Waals surface area contributed by atoms with Crippen LogP contribution in [0.1, 0.15) is 18.0 Å². The second-order valence-corrected chi connectivity index (χ2v) is 7.91. The van der Waals surface area contributed by atoms with Crippen molar-refractivity contribution in [2.75, 3.05) is 5.32 Å². The Labute approximate surface area is 159 Å². The molecule has 0 saturated carbocycles. The molecule has 26 heavy (non-hydrogen) atoms. The van der Waals surface area contributed by atoms with Crippen molar-refractivity contribution in [3.8, 4) is 0 Å². The molecule has 2 aromatic rings. The van der Waals surface area contributed by atoms with Crippen molar-refractivity contribution < 1.29 is 18.0 Å². The number of primary sulfonamides is 1. The number of carbonyl (C=O) groups excluding carboxylic acids is 2. The average Bonchev–Trinajstić information content (AvgIpc) is 2.53. The molecule has 1 atom stereocenters. The number of halogens is 1. The summed E-state index contributed by atoms with van der Waals surface area (Å²) < 4.78 is 23.3. The molecule has 0 unspecified atom stereocenters. The van der Waals surface area contributed by atoms with Gasteiger partial charge in [-0.3, -0.25) is 4.79 Å². The van der Waals surface area contributed by atoms with E-state index in [1.807, 2.05) is 6.07 Å². The first-order valence-corrected chi connectivity index (χ1v) is 9.73. The van der Waals surface area contributed by atoms with E-state index < -0.39 is 22.1 Å². The summed E-state index contributed by atoms with van der Waals surface area (Å²) in [4.78, 5) is 23.5. The molecule has 138 valence electrons. The van der Waals surface area contributed by atoms with Crippen LogP contribution in [0.15, 0.2) is 57.9 Å². The number of urea groups is 1. The predicted octanol–water partition coefficient (Wildman–Crippen LogP) is 1.83. The molecule has 2 aromatic carbocycles. The van der Waals surface area contributed by atoms with E-state index in [0.29, 0.717) is 11.3 Å². The molecule has 6 N–H and O–H groups in total. The lowest BCUT2D eigenvalue weighted by Crippen LogP contribution is -2.35. The van der Waals surface area contributed by atoms with Gasteiger partial charge in [-0.2, -0.15) is 0 Å². The summed E-state index contributed by atoms with van der Waals surface area (Å²) in [6.07, 6.45) is -0.0592. The van der Waals surface area contributed by atoms with Gasteiger partial charge in [0.25, 0.3) is 0 Å². The van der Waals surface area contributed by atoms with E-state index in [2.05, 4.69) is 26.6 Å². The third kappa shape index (κ3) is 5.83. The summed E-state index contributed by atoms with van der Waals surface area (Å²) >= 11 is 3.34. The lowest BCUT2D eigenvalue weighted by atomic mass is 10.0. The number of nitrogens with one attached hydrogen (secondary N) is 2. The molecule has 0 aliphatic rings. The Kier molecular flexibility index (Phi) is 6.35. The van der Waals surface area contributed by atoms with Crippen molar-refractivity contribution in [3.63, 3.8) is 0 Å². The van der Waals surface area contributed by atoms with E-state index >= 15 is 0 Å². The van der Waals surface area contributed by atoms with Crippen LogP contribution >= 0.6 is 15.9 Å². The normalized spacial score (nSPS) is 12.2. The second kappa shape index (κ2) is 8.30. The molecule has 0 spiro atoms. The number of primary amides is 1. The minimum atomic E-state index is -3.80. The summed E-state index contributed by atoms with van der Waals surface area (Å²) in [6, 6.07) is 11.2. The van der Waals surface area contributed by atoms with Crippen LogP contribution in [0.5, 0.6) is 0 Å². The summed E-state index contributed by atoms with van der Waals surface area (Å²) in [6.45, 7) is 0. The van der Waals surface area contributed by atoms with Crippen LogP contribution in [-0.4, -0.2) is 20.4 Å². The molecule has 8 nitrogen and oxygen atoms in total. The maximum atomic E-state index is 12.3. The number of sulfonamides is 1. The van der Waals surface area contributed by atoms with Crippen LogP contribution in [0, 0.1) is 0 Å². The highest BCUT2D eigenvalue weighted by molar-refractivity contribution is 9.10. The van der Waals surface area contributed by atoms with Crippen LogP contribution in [0.3, 0.4) is 0 Å². The molecule has 10 heteroatoms. The SMILES string of the molecule is NC(=O)N[C@@H](CC(=O)Nc1ccc(S(N)(=O)=O)cc1)c1cccc(Br)c1. The van der Waals surface area contributed by atoms with Crippen molar-refractivity contribution in [1.29, 1.82) is 0 Å². The molecule has 0 radical (unpaired) electrons. The van der Waals surface area contributed by atoms with Crippen molar-refractivity contribution in [1.82, 2.24) is 5.32 Å². The molecule has 0 aliphatic heterocycles. The molecule has 0 aromatic heterocycles. The molecule has 0 fully saturated rings. The molecule has 0 aliphatic carbocycles. The van der Waals surface area contributed by atoms with E-state index in [0.717, 1.165) is 4.47 Å². The number of hydrogen-bond acceptors (Lipinski definition) is 4. The Hall–Kier alpha value is -2.43. The Balaban J connectivity index is 2.10. The number of amides is 3. The van der Waals surface area contributed by atoms with E-state index in [4.69, 9.17) is 10.9 Å². The van der Waals surface area contributed by atoms with Crippen LogP contribution in [0.2, 0.25) is 0 Å². The van der Waals surface area contributed by atoms with Crippen molar-refractivity contribution in [2.24, 2.45) is 10.9 Å². The van der Waals surface area contributed by atoms with Crippen molar-refractivity contribution in [2.45, 2.75) is 17.4 Å². The Morgan fingerprint density at radius 3 is 2.31 bits per heavy atom. The number of hydrogen-bond donors (Lipinski definition) is 4. The van der Waals surface area contributed by atoms with Gasteiger partial charge >= 0.3 is 6.03 Å². The summed E-state index contributed by atoms with van der Waals surface area (Å²) in [5, 5.41) is 10.2. The van der Waals surface area contributed by atoms with Gasteiger partial charge in [0, 0.05) is 10.2 Å². The fourth-order valence-electron chi connectivity index (χ4n) is 2.27. The fourth-order valence-corrected chi connectivity index (χ4v) is 3.21. The third-order valence-corrected chi connectivity index (χ3v) is 4.85. The van der Waals surface area contributed by atoms with Gasteiger partial charge < -0.3 is 16.4 Å². The van der Waals surface area contributed by atoms with Crippen LogP contribution < -0.4 is 21.5 Å². The van der Waals surface area contributed by atoms with Crippen molar-refractivity contribution >= 4 is 43.6 Å². The first-order chi connectivity index (χ1) is 12.1. The van der Waals surface area contributed by atoms with Gasteiger partial charge in [-0.05, 0) is 42.0 Å². The minimum absolute atomic E-state index is 0.0575. The Morgan fingerprint density at radius 1 is 1.12 bits per heavy atom. The lowest BCUT2D eigenvalue weighted by Gasteiger charge is -2.18. The zero-order valence-electron chi connectivity index (χ0n) is 13.5. The maximum Gasteiger partial charge on any atom is 0.312 e. The van der Waals surface area contributed by atoms with Crippen molar-refractivity contribution in [3.05, 3.63) is 58.6 Å². The number of nitrogens with two attached hydrogens (primary N) is 2. The summed E-state index contributed by atoms with van der Waals surface area (Å²) in [5.74, 6) is -0.382. The van der Waals surface area contributed by atoms with Gasteiger partial charge in [0.15, 0.2) is 0 Å². The summed E-state index contributed by atoms with van der Waals surface area (Å²) in [7, 11) is -3.80. The van der Waals surface area contributed by atoms with E-state index in [1.165, 1.54) is 24.3 Å².